The summed E-state index contributed by atoms with van der Waals surface area (Å²) in [5, 5.41) is 10.8. The van der Waals surface area contributed by atoms with Crippen LogP contribution >= 0.6 is 0 Å². The highest BCUT2D eigenvalue weighted by atomic mass is 16.5. The lowest BCUT2D eigenvalue weighted by Gasteiger charge is -2.25. The van der Waals surface area contributed by atoms with Crippen LogP contribution in [0.5, 0.6) is 0 Å². The first kappa shape index (κ1) is 40.7. The number of urea groups is 1. The van der Waals surface area contributed by atoms with Crippen molar-refractivity contribution in [2.75, 3.05) is 18.4 Å². The van der Waals surface area contributed by atoms with Gasteiger partial charge in [0.2, 0.25) is 29.5 Å². The Bertz CT molecular complexity index is 1300. The zero-order valence-electron chi connectivity index (χ0n) is 29.5. The molecular formula is C35H54N6O8. The molecular weight excluding hydrogens is 632 g/mol. The fraction of sp³-hybridized carbons (Fsp3) is 0.629. The van der Waals surface area contributed by atoms with E-state index in [2.05, 4.69) is 21.3 Å². The van der Waals surface area contributed by atoms with E-state index >= 15 is 0 Å². The second kappa shape index (κ2) is 20.8. The fourth-order valence-corrected chi connectivity index (χ4v) is 5.36. The van der Waals surface area contributed by atoms with Gasteiger partial charge in [-0.2, -0.15) is 0 Å². The van der Waals surface area contributed by atoms with Gasteiger partial charge in [-0.15, -0.1) is 0 Å². The molecule has 0 spiro atoms. The minimum absolute atomic E-state index is 0.0965. The Morgan fingerprint density at radius 2 is 1.63 bits per heavy atom. The van der Waals surface area contributed by atoms with Gasteiger partial charge in [0.15, 0.2) is 0 Å². The number of anilines is 1. The lowest BCUT2D eigenvalue weighted by molar-refractivity contribution is -0.148. The van der Waals surface area contributed by atoms with Crippen molar-refractivity contribution in [3.05, 3.63) is 29.8 Å². The van der Waals surface area contributed by atoms with Crippen LogP contribution in [0.25, 0.3) is 0 Å². The standard InChI is InChI=1S/C35H54N6O8/c1-6-11-25-20-29(43)41(33(25)46)19-9-7-8-13-28(42)40-30(22(2)3)32(45)39-27(12-10-18-37-35(36)48)31(44)38-26-16-14-24(15-17-26)21-49-34(47)23(4)5/h14-17,22-23,25,27,30H,6-13,18-21H2,1-5H3,(H,38,44)(H,39,45)(H,40,42)(H3,36,37,48). The van der Waals surface area contributed by atoms with Gasteiger partial charge in [0.1, 0.15) is 18.7 Å². The molecule has 7 amide bonds. The second-order valence-corrected chi connectivity index (χ2v) is 13.1. The first-order valence-corrected chi connectivity index (χ1v) is 17.3. The summed E-state index contributed by atoms with van der Waals surface area (Å²) in [6, 6.07) is 4.15. The average Bonchev–Trinajstić information content (AvgIpc) is 3.31. The van der Waals surface area contributed by atoms with Crippen molar-refractivity contribution in [3.8, 4) is 0 Å². The van der Waals surface area contributed by atoms with Gasteiger partial charge in [0.05, 0.1) is 5.92 Å². The molecule has 2 rings (SSSR count). The van der Waals surface area contributed by atoms with E-state index in [1.807, 2.05) is 6.92 Å². The summed E-state index contributed by atoms with van der Waals surface area (Å²) in [6.07, 6.45) is 4.24. The number of rotatable bonds is 21. The number of carbonyl (C=O) groups is 7. The van der Waals surface area contributed by atoms with E-state index in [1.165, 1.54) is 4.90 Å². The summed E-state index contributed by atoms with van der Waals surface area (Å²) in [5.74, 6) is -2.65. The molecule has 1 fully saturated rings. The van der Waals surface area contributed by atoms with Crippen molar-refractivity contribution >= 4 is 47.2 Å². The molecule has 1 heterocycles. The highest BCUT2D eigenvalue weighted by Crippen LogP contribution is 2.24. The Labute approximate surface area is 289 Å². The molecule has 1 aliphatic rings. The van der Waals surface area contributed by atoms with Crippen molar-refractivity contribution in [1.82, 2.24) is 20.9 Å². The van der Waals surface area contributed by atoms with Crippen LogP contribution in [0, 0.1) is 17.8 Å². The zero-order valence-corrected chi connectivity index (χ0v) is 29.5. The molecule has 272 valence electrons. The van der Waals surface area contributed by atoms with E-state index in [9.17, 15) is 33.6 Å². The number of esters is 1. The molecule has 0 bridgehead atoms. The van der Waals surface area contributed by atoms with E-state index in [0.717, 1.165) is 12.0 Å². The van der Waals surface area contributed by atoms with Gasteiger partial charge in [-0.1, -0.05) is 59.6 Å². The number of benzene rings is 1. The molecule has 14 nitrogen and oxygen atoms in total. The predicted octanol–water partition coefficient (Wildman–Crippen LogP) is 3.13. The molecule has 1 saturated heterocycles. The smallest absolute Gasteiger partial charge is 0.312 e. The van der Waals surface area contributed by atoms with Gasteiger partial charge in [0, 0.05) is 37.5 Å². The maximum Gasteiger partial charge on any atom is 0.312 e. The number of primary amides is 1. The third kappa shape index (κ3) is 14.3. The van der Waals surface area contributed by atoms with E-state index < -0.39 is 29.9 Å². The number of likely N-dealkylation sites (tertiary alicyclic amines) is 1. The van der Waals surface area contributed by atoms with E-state index in [4.69, 9.17) is 10.5 Å². The number of nitrogens with two attached hydrogens (primary N) is 1. The van der Waals surface area contributed by atoms with Crippen molar-refractivity contribution in [2.45, 2.75) is 111 Å². The average molecular weight is 687 g/mol. The van der Waals surface area contributed by atoms with Crippen LogP contribution in [0.3, 0.4) is 0 Å². The number of nitrogens with one attached hydrogen (secondary N) is 4. The Kier molecular flexibility index (Phi) is 17.3. The monoisotopic (exact) mass is 686 g/mol. The summed E-state index contributed by atoms with van der Waals surface area (Å²) in [5.41, 5.74) is 6.35. The Morgan fingerprint density at radius 1 is 0.939 bits per heavy atom. The highest BCUT2D eigenvalue weighted by molar-refractivity contribution is 6.03. The molecule has 1 aliphatic heterocycles. The third-order valence-corrected chi connectivity index (χ3v) is 8.20. The number of amides is 7. The fourth-order valence-electron chi connectivity index (χ4n) is 5.36. The molecule has 3 atom stereocenters. The lowest BCUT2D eigenvalue weighted by Crippen LogP contribution is -2.54. The van der Waals surface area contributed by atoms with E-state index in [-0.39, 0.29) is 73.9 Å². The second-order valence-electron chi connectivity index (χ2n) is 13.1. The maximum atomic E-state index is 13.4. The topological polar surface area (TPSA) is 206 Å². The first-order valence-electron chi connectivity index (χ1n) is 17.3. The minimum atomic E-state index is -0.986. The summed E-state index contributed by atoms with van der Waals surface area (Å²) in [4.78, 5) is 88.4. The molecule has 1 aromatic carbocycles. The van der Waals surface area contributed by atoms with Crippen LogP contribution in [-0.4, -0.2) is 71.6 Å². The molecule has 1 aromatic rings. The quantitative estimate of drug-likeness (QED) is 0.0736. The molecule has 0 saturated carbocycles. The van der Waals surface area contributed by atoms with E-state index in [1.54, 1.807) is 52.0 Å². The normalized spacial score (nSPS) is 15.6. The number of ether oxygens (including phenoxy) is 1. The number of unbranched alkanes of at least 4 members (excludes halogenated alkanes) is 2. The van der Waals surface area contributed by atoms with Crippen LogP contribution in [0.15, 0.2) is 24.3 Å². The number of carbonyl (C=O) groups excluding carboxylic acids is 7. The predicted molar refractivity (Wildman–Crippen MR) is 183 cm³/mol. The van der Waals surface area contributed by atoms with Gasteiger partial charge in [0.25, 0.3) is 0 Å². The van der Waals surface area contributed by atoms with Gasteiger partial charge in [-0.05, 0) is 55.7 Å². The largest absolute Gasteiger partial charge is 0.461 e. The summed E-state index contributed by atoms with van der Waals surface area (Å²) < 4.78 is 5.24. The van der Waals surface area contributed by atoms with Crippen LogP contribution in [-0.2, 0) is 40.1 Å². The van der Waals surface area contributed by atoms with Crippen LogP contribution < -0.4 is 27.0 Å². The van der Waals surface area contributed by atoms with Crippen LogP contribution in [0.1, 0.15) is 98.0 Å². The Balaban J connectivity index is 1.93. The Morgan fingerprint density at radius 3 is 2.24 bits per heavy atom. The minimum Gasteiger partial charge on any atom is -0.461 e. The number of hydrogen-bond acceptors (Lipinski definition) is 8. The van der Waals surface area contributed by atoms with Crippen molar-refractivity contribution in [3.63, 3.8) is 0 Å². The van der Waals surface area contributed by atoms with Gasteiger partial charge >= 0.3 is 12.0 Å². The van der Waals surface area contributed by atoms with Crippen molar-refractivity contribution < 1.29 is 38.3 Å². The molecule has 0 aromatic heterocycles. The molecule has 0 radical (unpaired) electrons. The molecule has 49 heavy (non-hydrogen) atoms. The van der Waals surface area contributed by atoms with Gasteiger partial charge in [-0.3, -0.25) is 33.7 Å². The molecule has 0 aliphatic carbocycles. The van der Waals surface area contributed by atoms with Crippen molar-refractivity contribution in [2.24, 2.45) is 23.5 Å². The van der Waals surface area contributed by atoms with Crippen LogP contribution in [0.2, 0.25) is 0 Å². The molecule has 6 N–H and O–H groups in total. The first-order chi connectivity index (χ1) is 23.2. The number of nitrogens with zero attached hydrogens (tertiary/aromatic N) is 1. The highest BCUT2D eigenvalue weighted by Gasteiger charge is 2.37. The van der Waals surface area contributed by atoms with Crippen LogP contribution in [0.4, 0.5) is 10.5 Å². The summed E-state index contributed by atoms with van der Waals surface area (Å²) in [7, 11) is 0. The van der Waals surface area contributed by atoms with Gasteiger partial charge < -0.3 is 31.7 Å². The van der Waals surface area contributed by atoms with Crippen molar-refractivity contribution in [1.29, 1.82) is 0 Å². The van der Waals surface area contributed by atoms with Gasteiger partial charge in [-0.25, -0.2) is 4.79 Å². The zero-order chi connectivity index (χ0) is 36.5. The molecule has 3 unspecified atom stereocenters. The Hall–Kier alpha value is -4.49. The number of imide groups is 1. The van der Waals surface area contributed by atoms with E-state index in [0.29, 0.717) is 44.3 Å². The third-order valence-electron chi connectivity index (χ3n) is 8.20. The maximum absolute atomic E-state index is 13.4. The summed E-state index contributed by atoms with van der Waals surface area (Å²) in [6.45, 7) is 9.68. The summed E-state index contributed by atoms with van der Waals surface area (Å²) >= 11 is 0. The number of hydrogen-bond donors (Lipinski definition) is 5. The SMILES string of the molecule is CCCC1CC(=O)N(CCCCCC(=O)NC(C(=O)NC(CCCNC(N)=O)C(=O)Nc2ccc(COC(=O)C(C)C)cc2)C(C)C)C1=O. The lowest BCUT2D eigenvalue weighted by atomic mass is 10.0. The molecule has 14 heteroatoms.